The highest BCUT2D eigenvalue weighted by Gasteiger charge is 2.70. The molecular formula is C42H33Cl2F3N4O5. The predicted molar refractivity (Wildman–Crippen MR) is 203 cm³/mol. The third-order valence-corrected chi connectivity index (χ3v) is 12.3. The maximum Gasteiger partial charge on any atom is 0.417 e. The molecule has 2 N–H and O–H groups in total. The van der Waals surface area contributed by atoms with Crippen LogP contribution < -0.4 is 10.3 Å². The van der Waals surface area contributed by atoms with E-state index in [0.29, 0.717) is 50.8 Å². The summed E-state index contributed by atoms with van der Waals surface area (Å²) in [5, 5.41) is 11.5. The van der Waals surface area contributed by atoms with Crippen molar-refractivity contribution in [3.8, 4) is 5.75 Å². The molecule has 0 spiro atoms. The molecule has 0 bridgehead atoms. The number of benzene rings is 3. The van der Waals surface area contributed by atoms with Gasteiger partial charge in [0, 0.05) is 17.1 Å². The lowest BCUT2D eigenvalue weighted by molar-refractivity contribution is -0.139. The number of fused-ring (bicyclic) bond motifs is 4. The zero-order valence-corrected chi connectivity index (χ0v) is 31.4. The minimum Gasteiger partial charge on any atom is -0.507 e. The Balaban J connectivity index is 1.31. The second-order valence-corrected chi connectivity index (χ2v) is 15.6. The van der Waals surface area contributed by atoms with Crippen molar-refractivity contribution in [1.29, 1.82) is 0 Å². The van der Waals surface area contributed by atoms with Gasteiger partial charge in [-0.3, -0.25) is 29.5 Å². The van der Waals surface area contributed by atoms with Crippen molar-refractivity contribution in [2.45, 2.75) is 44.2 Å². The molecule has 6 atom stereocenters. The van der Waals surface area contributed by atoms with Gasteiger partial charge in [0.1, 0.15) is 5.75 Å². The predicted octanol–water partition coefficient (Wildman–Crippen LogP) is 8.56. The van der Waals surface area contributed by atoms with Crippen molar-refractivity contribution in [3.63, 3.8) is 0 Å². The van der Waals surface area contributed by atoms with Crippen molar-refractivity contribution >= 4 is 64.4 Å². The van der Waals surface area contributed by atoms with Gasteiger partial charge in [0.2, 0.25) is 11.8 Å². The molecule has 286 valence electrons. The Kier molecular flexibility index (Phi) is 8.92. The highest BCUT2D eigenvalue weighted by Crippen LogP contribution is 2.64. The number of imide groups is 2. The number of nitrogens with one attached hydrogen (secondary N) is 1. The van der Waals surface area contributed by atoms with E-state index in [4.69, 9.17) is 23.2 Å². The Morgan fingerprint density at radius 3 is 2.20 bits per heavy atom. The molecule has 1 aromatic heterocycles. The Bertz CT molecular complexity index is 2380. The second kappa shape index (κ2) is 13.3. The maximum absolute atomic E-state index is 15.4. The summed E-state index contributed by atoms with van der Waals surface area (Å²) in [6.45, 7) is 7.20. The fourth-order valence-corrected chi connectivity index (χ4v) is 9.66. The Labute approximate surface area is 329 Å². The topological polar surface area (TPSA) is 120 Å². The van der Waals surface area contributed by atoms with Crippen molar-refractivity contribution in [1.82, 2.24) is 9.99 Å². The number of alkyl halides is 3. The number of hydrazine groups is 1. The molecule has 2 aliphatic carbocycles. The van der Waals surface area contributed by atoms with Gasteiger partial charge in [0.15, 0.2) is 5.82 Å². The number of hydrogen-bond donors (Lipinski definition) is 2. The summed E-state index contributed by atoms with van der Waals surface area (Å²) in [7, 11) is 0. The number of hydrogen-bond acceptors (Lipinski definition) is 7. The number of carbonyl (C=O) groups is 4. The van der Waals surface area contributed by atoms with Crippen LogP contribution >= 0.6 is 23.2 Å². The van der Waals surface area contributed by atoms with Crippen molar-refractivity contribution in [3.05, 3.63) is 135 Å². The van der Waals surface area contributed by atoms with Gasteiger partial charge in [-0.1, -0.05) is 83.9 Å². The van der Waals surface area contributed by atoms with Crippen LogP contribution in [-0.2, 0) is 30.8 Å². The molecule has 56 heavy (non-hydrogen) atoms. The molecule has 3 aromatic carbocycles. The van der Waals surface area contributed by atoms with Gasteiger partial charge in [-0.15, -0.1) is 0 Å². The number of aryl methyl sites for hydroxylation is 2. The zero-order chi connectivity index (χ0) is 40.0. The molecule has 3 fully saturated rings. The van der Waals surface area contributed by atoms with E-state index in [-0.39, 0.29) is 30.3 Å². The number of halogens is 5. The molecule has 4 aliphatic rings. The number of amides is 4. The fourth-order valence-electron chi connectivity index (χ4n) is 9.33. The third kappa shape index (κ3) is 5.55. The first-order valence-electron chi connectivity index (χ1n) is 17.8. The van der Waals surface area contributed by atoms with Crippen LogP contribution in [0.15, 0.2) is 91.2 Å². The van der Waals surface area contributed by atoms with Crippen LogP contribution in [0.25, 0.3) is 6.08 Å². The lowest BCUT2D eigenvalue weighted by atomic mass is 9.49. The number of rotatable bonds is 6. The molecular weight excluding hydrogens is 768 g/mol. The number of phenols is 1. The van der Waals surface area contributed by atoms with Crippen LogP contribution in [0.1, 0.15) is 52.1 Å². The minimum atomic E-state index is -4.75. The minimum absolute atomic E-state index is 0.0264. The summed E-state index contributed by atoms with van der Waals surface area (Å²) in [5.74, 6) is -6.95. The summed E-state index contributed by atoms with van der Waals surface area (Å²) >= 11 is 12.6. The van der Waals surface area contributed by atoms with E-state index in [1.54, 1.807) is 80.6 Å². The monoisotopic (exact) mass is 800 g/mol. The normalized spacial score (nSPS) is 25.8. The van der Waals surface area contributed by atoms with E-state index in [0.717, 1.165) is 10.6 Å². The summed E-state index contributed by atoms with van der Waals surface area (Å²) in [6, 6.07) is 17.5. The van der Waals surface area contributed by atoms with Gasteiger partial charge in [0.25, 0.3) is 11.8 Å². The van der Waals surface area contributed by atoms with E-state index in [9.17, 15) is 32.7 Å². The Morgan fingerprint density at radius 2 is 1.59 bits per heavy atom. The van der Waals surface area contributed by atoms with Gasteiger partial charge in [0.05, 0.1) is 39.4 Å². The Hall–Kier alpha value is -5.46. The van der Waals surface area contributed by atoms with Gasteiger partial charge in [-0.25, -0.2) is 4.98 Å². The molecule has 0 unspecified atom stereocenters. The fraction of sp³-hybridized carbons (Fsp3) is 0.262. The molecule has 4 amide bonds. The SMILES string of the molecule is C=Cc1ccc(N2C(=O)[C@H]3[C@H](CC=C4[C@H]3C[C@H]3C(=O)N(Nc5ncc(C(F)(F)F)cc5Cl)C(=O)[C@@]3(c3ccc(Cl)cc3)[C@H]4c3cc(C)c(O)c(C)c3)C2=O)cc1. The third-order valence-electron chi connectivity index (χ3n) is 11.8. The van der Waals surface area contributed by atoms with Crippen molar-refractivity contribution in [2.75, 3.05) is 10.3 Å². The average Bonchev–Trinajstić information content (AvgIpc) is 3.54. The molecule has 0 radical (unpaired) electrons. The molecule has 3 heterocycles. The first-order valence-corrected chi connectivity index (χ1v) is 18.6. The number of aromatic nitrogens is 1. The lowest BCUT2D eigenvalue weighted by Crippen LogP contribution is -2.53. The molecule has 1 saturated carbocycles. The number of carbonyl (C=O) groups excluding carboxylic acids is 4. The van der Waals surface area contributed by atoms with E-state index < -0.39 is 69.5 Å². The number of pyridine rings is 1. The van der Waals surface area contributed by atoms with E-state index in [2.05, 4.69) is 17.0 Å². The highest BCUT2D eigenvalue weighted by molar-refractivity contribution is 6.33. The molecule has 2 saturated heterocycles. The second-order valence-electron chi connectivity index (χ2n) is 14.7. The maximum atomic E-state index is 15.4. The van der Waals surface area contributed by atoms with Gasteiger partial charge in [-0.05, 0) is 90.8 Å². The number of nitrogens with zero attached hydrogens (tertiary/aromatic N) is 3. The van der Waals surface area contributed by atoms with Crippen LogP contribution in [0, 0.1) is 37.5 Å². The molecule has 8 rings (SSSR count). The van der Waals surface area contributed by atoms with Gasteiger partial charge >= 0.3 is 6.18 Å². The molecule has 4 aromatic rings. The van der Waals surface area contributed by atoms with Crippen molar-refractivity contribution in [2.24, 2.45) is 23.7 Å². The average molecular weight is 802 g/mol. The quantitative estimate of drug-likeness (QED) is 0.148. The van der Waals surface area contributed by atoms with Crippen LogP contribution in [0.4, 0.5) is 24.7 Å². The summed E-state index contributed by atoms with van der Waals surface area (Å²) in [6.07, 6.45) is -0.493. The largest absolute Gasteiger partial charge is 0.507 e. The summed E-state index contributed by atoms with van der Waals surface area (Å²) in [5.41, 5.74) is 3.71. The molecule has 9 nitrogen and oxygen atoms in total. The summed E-state index contributed by atoms with van der Waals surface area (Å²) < 4.78 is 40.5. The smallest absolute Gasteiger partial charge is 0.417 e. The van der Waals surface area contributed by atoms with Gasteiger partial charge < -0.3 is 5.11 Å². The number of allylic oxidation sites excluding steroid dienone is 2. The summed E-state index contributed by atoms with van der Waals surface area (Å²) in [4.78, 5) is 63.9. The molecule has 2 aliphatic heterocycles. The van der Waals surface area contributed by atoms with Crippen LogP contribution in [0.3, 0.4) is 0 Å². The number of anilines is 2. The standard InChI is InChI=1S/C42H33Cl2F3N4O5/c1-4-22-5-11-27(12-6-22)50-37(53)29-14-13-28-30(33(29)39(50)55)18-31-38(54)51(49-36-32(44)17-25(19-48-36)42(45,46)47)40(56)41(31,24-7-9-26(43)10-8-24)34(28)23-15-20(2)35(52)21(3)16-23/h4-13,15-17,19,29-31,33-34,52H,1,14,18H2,2-3H3,(H,48,49)/t29-,30+,31-,33-,34-,41+/m0/s1. The highest BCUT2D eigenvalue weighted by atomic mass is 35.5. The van der Waals surface area contributed by atoms with Crippen LogP contribution in [0.5, 0.6) is 5.75 Å². The van der Waals surface area contributed by atoms with Crippen LogP contribution in [-0.4, -0.2) is 38.7 Å². The van der Waals surface area contributed by atoms with Crippen molar-refractivity contribution < 1.29 is 37.5 Å². The number of aromatic hydroxyl groups is 1. The van der Waals surface area contributed by atoms with Crippen LogP contribution in [0.2, 0.25) is 10.0 Å². The lowest BCUT2D eigenvalue weighted by Gasteiger charge is -2.50. The van der Waals surface area contributed by atoms with E-state index in [1.807, 2.05) is 6.08 Å². The first-order chi connectivity index (χ1) is 26.6. The van der Waals surface area contributed by atoms with Gasteiger partial charge in [-0.2, -0.15) is 18.2 Å². The Morgan fingerprint density at radius 1 is 0.929 bits per heavy atom. The number of phenolic OH excluding ortho intramolecular Hbond substituents is 1. The van der Waals surface area contributed by atoms with E-state index >= 15 is 4.79 Å². The van der Waals surface area contributed by atoms with E-state index in [1.165, 1.54) is 4.90 Å². The first kappa shape index (κ1) is 37.5. The zero-order valence-electron chi connectivity index (χ0n) is 29.9. The molecule has 14 heteroatoms.